The average Bonchev–Trinajstić information content (AvgIpc) is 2.34. The van der Waals surface area contributed by atoms with Gasteiger partial charge in [0.1, 0.15) is 11.6 Å². The smallest absolute Gasteiger partial charge is 0.126 e. The molecule has 5 heteroatoms. The minimum atomic E-state index is -0.338. The van der Waals surface area contributed by atoms with Gasteiger partial charge >= 0.3 is 0 Å². The third kappa shape index (κ3) is 3.11. The van der Waals surface area contributed by atoms with Crippen molar-refractivity contribution in [3.8, 4) is 0 Å². The van der Waals surface area contributed by atoms with Crippen LogP contribution in [0, 0.1) is 12.7 Å². The van der Waals surface area contributed by atoms with E-state index < -0.39 is 0 Å². The van der Waals surface area contributed by atoms with Gasteiger partial charge in [-0.25, -0.2) is 14.4 Å². The quantitative estimate of drug-likeness (QED) is 0.948. The van der Waals surface area contributed by atoms with Crippen molar-refractivity contribution in [3.63, 3.8) is 0 Å². The van der Waals surface area contributed by atoms with Crippen LogP contribution in [0.3, 0.4) is 0 Å². The molecule has 0 aliphatic carbocycles. The normalized spacial score (nSPS) is 12.4. The molecule has 1 unspecified atom stereocenters. The highest BCUT2D eigenvalue weighted by Crippen LogP contribution is 2.20. The number of hydrogen-bond acceptors (Lipinski definition) is 3. The van der Waals surface area contributed by atoms with Crippen LogP contribution < -0.4 is 5.73 Å². The number of aromatic nitrogens is 2. The Hall–Kier alpha value is -1.33. The van der Waals surface area contributed by atoms with Gasteiger partial charge in [-0.15, -0.1) is 0 Å². The molecule has 1 aromatic carbocycles. The maximum atomic E-state index is 13.6. The highest BCUT2D eigenvalue weighted by atomic mass is 79.9. The number of nitrogens with two attached hydrogens (primary N) is 1. The van der Waals surface area contributed by atoms with Gasteiger partial charge < -0.3 is 5.73 Å². The van der Waals surface area contributed by atoms with E-state index in [9.17, 15) is 4.39 Å². The number of aryl methyl sites for hydroxylation is 1. The van der Waals surface area contributed by atoms with Crippen LogP contribution in [-0.2, 0) is 6.42 Å². The van der Waals surface area contributed by atoms with E-state index in [4.69, 9.17) is 5.73 Å². The minimum absolute atomic E-state index is 0.251. The molecule has 1 aromatic heterocycles. The molecule has 94 valence electrons. The first-order valence-corrected chi connectivity index (χ1v) is 6.34. The lowest BCUT2D eigenvalue weighted by molar-refractivity contribution is 0.588. The fourth-order valence-corrected chi connectivity index (χ4v) is 2.13. The number of rotatable bonds is 3. The Morgan fingerprint density at radius 1 is 1.39 bits per heavy atom. The molecule has 18 heavy (non-hydrogen) atoms. The Balaban J connectivity index is 2.21. The molecule has 2 N–H and O–H groups in total. The van der Waals surface area contributed by atoms with Gasteiger partial charge in [-0.2, -0.15) is 0 Å². The van der Waals surface area contributed by atoms with Crippen LogP contribution in [0.15, 0.2) is 34.9 Å². The van der Waals surface area contributed by atoms with Crippen molar-refractivity contribution in [3.05, 3.63) is 57.8 Å². The number of hydrogen-bond donors (Lipinski definition) is 1. The Kier molecular flexibility index (Phi) is 4.04. The summed E-state index contributed by atoms with van der Waals surface area (Å²) < 4.78 is 14.5. The summed E-state index contributed by atoms with van der Waals surface area (Å²) in [6, 6.07) is 6.25. The van der Waals surface area contributed by atoms with E-state index in [1.807, 2.05) is 0 Å². The summed E-state index contributed by atoms with van der Waals surface area (Å²) in [4.78, 5) is 8.26. The summed E-state index contributed by atoms with van der Waals surface area (Å²) in [7, 11) is 0. The Morgan fingerprint density at radius 3 is 2.89 bits per heavy atom. The molecule has 3 nitrogen and oxygen atoms in total. The molecule has 0 amide bonds. The lowest BCUT2D eigenvalue weighted by Gasteiger charge is -2.12. The molecule has 0 spiro atoms. The summed E-state index contributed by atoms with van der Waals surface area (Å²) in [6.45, 7) is 1.80. The largest absolute Gasteiger partial charge is 0.322 e. The van der Waals surface area contributed by atoms with Crippen molar-refractivity contribution in [2.24, 2.45) is 5.73 Å². The summed E-state index contributed by atoms with van der Waals surface area (Å²) in [5.74, 6) is 0.414. The van der Waals surface area contributed by atoms with Gasteiger partial charge in [0.05, 0.1) is 11.7 Å². The molecular formula is C13H13BrFN3. The van der Waals surface area contributed by atoms with E-state index in [-0.39, 0.29) is 11.9 Å². The molecular weight excluding hydrogens is 297 g/mol. The van der Waals surface area contributed by atoms with Gasteiger partial charge in [0.2, 0.25) is 0 Å². The maximum Gasteiger partial charge on any atom is 0.126 e. The Labute approximate surface area is 113 Å². The van der Waals surface area contributed by atoms with E-state index in [1.165, 1.54) is 6.07 Å². The van der Waals surface area contributed by atoms with E-state index in [0.29, 0.717) is 17.8 Å². The molecule has 2 aromatic rings. The standard InChI is InChI=1S/C13H13BrFN3/c1-8-17-5-4-13(18-8)12(16)7-9-6-10(14)2-3-11(9)15/h2-6,12H,7,16H2,1H3. The Bertz CT molecular complexity index is 560. The SMILES string of the molecule is Cc1nccc(C(N)Cc2cc(Br)ccc2F)n1. The fourth-order valence-electron chi connectivity index (χ4n) is 1.72. The monoisotopic (exact) mass is 309 g/mol. The van der Waals surface area contributed by atoms with E-state index in [2.05, 4.69) is 25.9 Å². The highest BCUT2D eigenvalue weighted by molar-refractivity contribution is 9.10. The van der Waals surface area contributed by atoms with Crippen molar-refractivity contribution in [2.75, 3.05) is 0 Å². The Morgan fingerprint density at radius 2 is 2.17 bits per heavy atom. The van der Waals surface area contributed by atoms with Gasteiger partial charge in [0.15, 0.2) is 0 Å². The molecule has 0 saturated carbocycles. The van der Waals surface area contributed by atoms with Gasteiger partial charge in [-0.3, -0.25) is 0 Å². The van der Waals surface area contributed by atoms with Crippen LogP contribution >= 0.6 is 15.9 Å². The van der Waals surface area contributed by atoms with E-state index >= 15 is 0 Å². The second-order valence-electron chi connectivity index (χ2n) is 4.08. The van der Waals surface area contributed by atoms with Crippen LogP contribution in [0.5, 0.6) is 0 Å². The molecule has 0 aliphatic heterocycles. The third-order valence-corrected chi connectivity index (χ3v) is 3.12. The van der Waals surface area contributed by atoms with Crippen molar-refractivity contribution < 1.29 is 4.39 Å². The number of nitrogens with zero attached hydrogens (tertiary/aromatic N) is 2. The van der Waals surface area contributed by atoms with Gasteiger partial charge in [0, 0.05) is 10.7 Å². The summed E-state index contributed by atoms with van der Waals surface area (Å²) in [5.41, 5.74) is 7.34. The van der Waals surface area contributed by atoms with Crippen LogP contribution in [-0.4, -0.2) is 9.97 Å². The second-order valence-corrected chi connectivity index (χ2v) is 4.99. The van der Waals surface area contributed by atoms with Gasteiger partial charge in [0.25, 0.3) is 0 Å². The zero-order valence-electron chi connectivity index (χ0n) is 9.90. The van der Waals surface area contributed by atoms with Crippen molar-refractivity contribution >= 4 is 15.9 Å². The fraction of sp³-hybridized carbons (Fsp3) is 0.231. The van der Waals surface area contributed by atoms with Crippen molar-refractivity contribution in [1.82, 2.24) is 9.97 Å². The molecule has 0 radical (unpaired) electrons. The molecule has 1 atom stereocenters. The minimum Gasteiger partial charge on any atom is -0.322 e. The topological polar surface area (TPSA) is 51.8 Å². The number of halogens is 2. The molecule has 0 aliphatic rings. The second kappa shape index (κ2) is 5.54. The average molecular weight is 310 g/mol. The van der Waals surface area contributed by atoms with Crippen LogP contribution in [0.4, 0.5) is 4.39 Å². The summed E-state index contributed by atoms with van der Waals surface area (Å²) >= 11 is 3.32. The lowest BCUT2D eigenvalue weighted by Crippen LogP contribution is -2.16. The van der Waals surface area contributed by atoms with Crippen LogP contribution in [0.2, 0.25) is 0 Å². The van der Waals surface area contributed by atoms with Crippen LogP contribution in [0.1, 0.15) is 23.1 Å². The third-order valence-electron chi connectivity index (χ3n) is 2.63. The molecule has 2 rings (SSSR count). The maximum absolute atomic E-state index is 13.6. The molecule has 1 heterocycles. The van der Waals surface area contributed by atoms with Crippen molar-refractivity contribution in [2.45, 2.75) is 19.4 Å². The summed E-state index contributed by atoms with van der Waals surface area (Å²) in [5, 5.41) is 0. The lowest BCUT2D eigenvalue weighted by atomic mass is 10.0. The van der Waals surface area contributed by atoms with Crippen molar-refractivity contribution in [1.29, 1.82) is 0 Å². The van der Waals surface area contributed by atoms with Crippen LogP contribution in [0.25, 0.3) is 0 Å². The molecule has 0 saturated heterocycles. The zero-order chi connectivity index (χ0) is 13.1. The molecule has 0 bridgehead atoms. The van der Waals surface area contributed by atoms with E-state index in [0.717, 1.165) is 10.2 Å². The zero-order valence-corrected chi connectivity index (χ0v) is 11.5. The predicted molar refractivity (Wildman–Crippen MR) is 71.5 cm³/mol. The number of benzene rings is 1. The first kappa shape index (κ1) is 13.1. The highest BCUT2D eigenvalue weighted by Gasteiger charge is 2.12. The van der Waals surface area contributed by atoms with Gasteiger partial charge in [-0.05, 0) is 43.2 Å². The summed E-state index contributed by atoms with van der Waals surface area (Å²) in [6.07, 6.45) is 2.07. The predicted octanol–water partition coefficient (Wildman–Crippen LogP) is 2.93. The van der Waals surface area contributed by atoms with E-state index in [1.54, 1.807) is 31.3 Å². The van der Waals surface area contributed by atoms with Gasteiger partial charge in [-0.1, -0.05) is 15.9 Å². The molecule has 0 fully saturated rings. The first-order valence-electron chi connectivity index (χ1n) is 5.55. The first-order chi connectivity index (χ1) is 8.56.